The molecule has 0 fully saturated rings. The third-order valence-electron chi connectivity index (χ3n) is 16.8. The average molecular weight is 1790 g/mol. The molecule has 6 amide bonds. The fraction of sp³-hybridized carbons (Fsp3) is 0.855. The van der Waals surface area contributed by atoms with Gasteiger partial charge in [0, 0.05) is 82.9 Å². The molecule has 0 aliphatic heterocycles. The molecule has 39 heteroatoms. The number of nitrogens with one attached hydrogen (secondary N) is 8. The summed E-state index contributed by atoms with van der Waals surface area (Å²) in [5.74, 6) is -0.229. The zero-order valence-electron chi connectivity index (χ0n) is 75.2. The van der Waals surface area contributed by atoms with Crippen LogP contribution < -0.4 is 42.5 Å². The SMILES string of the molecule is C=C(C)OCOCCOC(=O)NCCCCCCNC(=O)OCCOC(=O)NCCCCCCCCCCNC(=O)OCCC[SiH]C(C)(C)O[Si](C)(C)CCCOC(=O)NCCCCCCNCCCCC(=O)OCCOOCNCCCCCCNC(=O)OCCOC(=O)C(=C)C.OCCOCCCCOCCO.OCCOCCCCOCCO. The van der Waals surface area contributed by atoms with Crippen LogP contribution in [0.25, 0.3) is 0 Å². The van der Waals surface area contributed by atoms with E-state index in [2.05, 4.69) is 82.6 Å². The molecule has 12 N–H and O–H groups in total. The second kappa shape index (κ2) is 93.9. The Morgan fingerprint density at radius 2 is 0.656 bits per heavy atom. The van der Waals surface area contributed by atoms with Crippen LogP contribution in [0.4, 0.5) is 28.8 Å². The van der Waals surface area contributed by atoms with E-state index in [4.69, 9.17) is 101 Å². The molecular formula is C83H163N8O29Si2. The summed E-state index contributed by atoms with van der Waals surface area (Å²) in [5.41, 5.74) is 0.289. The summed E-state index contributed by atoms with van der Waals surface area (Å²) in [5, 5.41) is 56.2. The maximum Gasteiger partial charge on any atom is 0.407 e. The molecule has 0 aromatic heterocycles. The zero-order valence-corrected chi connectivity index (χ0v) is 77.4. The summed E-state index contributed by atoms with van der Waals surface area (Å²) in [7, 11) is -2.03. The number of amides is 6. The molecule has 0 aromatic carbocycles. The van der Waals surface area contributed by atoms with Crippen molar-refractivity contribution in [3.8, 4) is 0 Å². The topological polar surface area (TPSA) is 471 Å². The predicted octanol–water partition coefficient (Wildman–Crippen LogP) is 9.75. The number of esters is 2. The zero-order chi connectivity index (χ0) is 90.4. The van der Waals surface area contributed by atoms with Crippen molar-refractivity contribution >= 4 is 66.3 Å². The van der Waals surface area contributed by atoms with Gasteiger partial charge in [-0.05, 0) is 169 Å². The smallest absolute Gasteiger partial charge is 0.407 e. The Morgan fingerprint density at radius 1 is 0.328 bits per heavy atom. The van der Waals surface area contributed by atoms with E-state index in [1.807, 2.05) is 0 Å². The highest BCUT2D eigenvalue weighted by molar-refractivity contribution is 6.71. The predicted molar refractivity (Wildman–Crippen MR) is 467 cm³/mol. The van der Waals surface area contributed by atoms with Gasteiger partial charge in [-0.1, -0.05) is 96.3 Å². The standard InChI is InChI=1S/C67H127N8O21Si2.2C8H18O4/c1-57(2)60(77)86-47-48-90-64(81)74-40-27-18-16-23-36-69-55-95-94-52-51-85-59(76)33-21-30-35-68-34-22-15-17-26-39-71-62(79)88-44-32-54-98(7,8)96-67(5,6)97-53-31-43-87-61(78)70-37-24-13-11-9-10-12-14-25-38-73-65(82)91-49-50-92-66(83)75-42-29-20-19-28-41-72-63(80)89-46-45-84-56-93-58(3)4;2*9-3-7-11-5-1-2-6-12-8-4-10/h68-69,97H,1,3,9-56H2,2,4-8H3,(H,70,78)(H,71,79)(H,72,80)(H,73,82)(H,74,81)(H,75,83);2*9-10H,1-8H2. The molecule has 0 heterocycles. The summed E-state index contributed by atoms with van der Waals surface area (Å²) < 4.78 is 78.0. The van der Waals surface area contributed by atoms with E-state index in [1.54, 1.807) is 13.8 Å². The third kappa shape index (κ3) is 101. The normalized spacial score (nSPS) is 11.0. The number of alkyl carbamates (subject to hydrolysis) is 6. The number of carbonyl (C=O) groups excluding carboxylic acids is 8. The summed E-state index contributed by atoms with van der Waals surface area (Å²) in [6, 6.07) is 1.83. The van der Waals surface area contributed by atoms with Crippen LogP contribution in [0.1, 0.15) is 214 Å². The van der Waals surface area contributed by atoms with Gasteiger partial charge in [0.1, 0.15) is 53.0 Å². The van der Waals surface area contributed by atoms with Crippen LogP contribution in [0.5, 0.6) is 0 Å². The lowest BCUT2D eigenvalue weighted by atomic mass is 10.1. The molecule has 0 atom stereocenters. The molecule has 0 saturated heterocycles. The van der Waals surface area contributed by atoms with Crippen molar-refractivity contribution in [2.45, 2.75) is 244 Å². The summed E-state index contributed by atoms with van der Waals surface area (Å²) in [6.07, 6.45) is 23.4. The number of hydrogen-bond donors (Lipinski definition) is 12. The fourth-order valence-electron chi connectivity index (χ4n) is 10.6. The van der Waals surface area contributed by atoms with E-state index in [0.29, 0.717) is 118 Å². The Hall–Kier alpha value is -6.29. The summed E-state index contributed by atoms with van der Waals surface area (Å²) in [6.45, 7) is 30.8. The Balaban J connectivity index is -0.00000505. The molecule has 0 unspecified atom stereocenters. The van der Waals surface area contributed by atoms with Gasteiger partial charge >= 0.3 is 48.5 Å². The highest BCUT2D eigenvalue weighted by Crippen LogP contribution is 2.23. The van der Waals surface area contributed by atoms with Gasteiger partial charge in [-0.25, -0.2) is 43.3 Å². The van der Waals surface area contributed by atoms with Gasteiger partial charge in [0.05, 0.1) is 88.0 Å². The number of allylic oxidation sites excluding steroid dienone is 1. The van der Waals surface area contributed by atoms with Crippen molar-refractivity contribution in [1.82, 2.24) is 42.5 Å². The van der Waals surface area contributed by atoms with Crippen molar-refractivity contribution < 1.29 is 139 Å². The third-order valence-corrected chi connectivity index (χ3v) is 21.5. The van der Waals surface area contributed by atoms with E-state index in [9.17, 15) is 38.4 Å². The van der Waals surface area contributed by atoms with Crippen LogP contribution >= 0.6 is 0 Å². The van der Waals surface area contributed by atoms with Crippen molar-refractivity contribution in [2.75, 3.05) is 218 Å². The molecule has 0 aliphatic carbocycles. The van der Waals surface area contributed by atoms with Crippen LogP contribution in [-0.2, 0) is 90.1 Å². The first-order valence-electron chi connectivity index (χ1n) is 44.3. The van der Waals surface area contributed by atoms with Crippen molar-refractivity contribution in [3.63, 3.8) is 0 Å². The fourth-order valence-corrected chi connectivity index (χ4v) is 15.5. The number of ether oxygens (including phenoxy) is 14. The van der Waals surface area contributed by atoms with Gasteiger partial charge in [-0.15, -0.1) is 0 Å². The lowest BCUT2D eigenvalue weighted by Crippen LogP contribution is -2.44. The van der Waals surface area contributed by atoms with E-state index >= 15 is 0 Å². The Bertz CT molecular complexity index is 2440. The molecule has 0 aromatic rings. The first-order chi connectivity index (χ1) is 59.0. The molecule has 0 saturated carbocycles. The van der Waals surface area contributed by atoms with Crippen LogP contribution in [0.15, 0.2) is 24.5 Å². The summed E-state index contributed by atoms with van der Waals surface area (Å²) >= 11 is 0. The molecular weight excluding hydrogens is 1630 g/mol. The molecule has 0 rings (SSSR count). The first kappa shape index (κ1) is 120. The van der Waals surface area contributed by atoms with Crippen LogP contribution in [0.3, 0.4) is 0 Å². The van der Waals surface area contributed by atoms with Crippen molar-refractivity contribution in [3.05, 3.63) is 24.5 Å². The van der Waals surface area contributed by atoms with Gasteiger partial charge in [0.2, 0.25) is 0 Å². The Labute approximate surface area is 731 Å². The van der Waals surface area contributed by atoms with Crippen LogP contribution in [0.2, 0.25) is 25.2 Å². The first-order valence-corrected chi connectivity index (χ1v) is 48.8. The minimum Gasteiger partial charge on any atom is -0.473 e. The molecule has 122 heavy (non-hydrogen) atoms. The maximum atomic E-state index is 12.3. The number of rotatable bonds is 85. The summed E-state index contributed by atoms with van der Waals surface area (Å²) in [4.78, 5) is 105. The van der Waals surface area contributed by atoms with E-state index < -0.39 is 38.7 Å². The molecule has 717 valence electrons. The monoisotopic (exact) mass is 1790 g/mol. The number of hydrogen-bond acceptors (Lipinski definition) is 31. The molecule has 1 radical (unpaired) electrons. The Morgan fingerprint density at radius 3 is 1.03 bits per heavy atom. The highest BCUT2D eigenvalue weighted by atomic mass is 28.4. The molecule has 37 nitrogen and oxygen atoms in total. The number of carbonyl (C=O) groups is 8. The van der Waals surface area contributed by atoms with Gasteiger partial charge in [0.15, 0.2) is 15.1 Å². The average Bonchev–Trinajstić information content (AvgIpc) is 0.867. The lowest BCUT2D eigenvalue weighted by molar-refractivity contribution is -0.302. The van der Waals surface area contributed by atoms with E-state index in [-0.39, 0.29) is 131 Å². The van der Waals surface area contributed by atoms with Crippen LogP contribution in [-0.4, -0.2) is 310 Å². The molecule has 0 bridgehead atoms. The number of aliphatic hydroxyl groups is 4. The minimum atomic E-state index is -2.01. The Kier molecular flexibility index (Phi) is 92.2. The van der Waals surface area contributed by atoms with E-state index in [1.165, 1.54) is 0 Å². The van der Waals surface area contributed by atoms with Crippen molar-refractivity contribution in [2.24, 2.45) is 0 Å². The van der Waals surface area contributed by atoms with Gasteiger partial charge in [0.25, 0.3) is 0 Å². The maximum absolute atomic E-state index is 12.3. The molecule has 0 spiro atoms. The minimum absolute atomic E-state index is 0.0148. The second-order valence-electron chi connectivity index (χ2n) is 29.4. The van der Waals surface area contributed by atoms with Gasteiger partial charge in [-0.2, -0.15) is 0 Å². The number of aliphatic hydroxyl groups excluding tert-OH is 4. The van der Waals surface area contributed by atoms with Crippen LogP contribution in [0, 0.1) is 0 Å². The second-order valence-corrected chi connectivity index (χ2v) is 36.0. The van der Waals surface area contributed by atoms with Gasteiger partial charge in [-0.3, -0.25) is 10.1 Å². The quantitative estimate of drug-likeness (QED) is 0.00310. The van der Waals surface area contributed by atoms with Gasteiger partial charge < -0.3 is 128 Å². The van der Waals surface area contributed by atoms with E-state index in [0.717, 1.165) is 212 Å². The molecule has 0 aliphatic rings. The highest BCUT2D eigenvalue weighted by Gasteiger charge is 2.31. The number of unbranched alkanes of at least 4 members (excludes halogenated alkanes) is 19. The van der Waals surface area contributed by atoms with Crippen molar-refractivity contribution in [1.29, 1.82) is 0 Å². The lowest BCUT2D eigenvalue weighted by Gasteiger charge is -2.35. The largest absolute Gasteiger partial charge is 0.473 e.